The number of pyridine rings is 2. The van der Waals surface area contributed by atoms with Gasteiger partial charge >= 0.3 is 6.18 Å². The van der Waals surface area contributed by atoms with Crippen LogP contribution < -0.4 is 0 Å². The van der Waals surface area contributed by atoms with Crippen molar-refractivity contribution in [3.05, 3.63) is 40.6 Å². The number of sulfone groups is 1. The summed E-state index contributed by atoms with van der Waals surface area (Å²) in [5, 5.41) is 4.35. The highest BCUT2D eigenvalue weighted by atomic mass is 79.9. The first-order valence-corrected chi connectivity index (χ1v) is 10.8. The van der Waals surface area contributed by atoms with Crippen molar-refractivity contribution >= 4 is 42.4 Å². The van der Waals surface area contributed by atoms with Crippen LogP contribution in [0.25, 0.3) is 28.2 Å². The van der Waals surface area contributed by atoms with Gasteiger partial charge in [0.15, 0.2) is 21.3 Å². The second-order valence-corrected chi connectivity index (χ2v) is 9.45. The molecule has 0 aliphatic carbocycles. The van der Waals surface area contributed by atoms with E-state index in [2.05, 4.69) is 31.0 Å². The van der Waals surface area contributed by atoms with Crippen LogP contribution in [0.4, 0.5) is 13.2 Å². The molecule has 0 aliphatic rings. The molecule has 0 bridgehead atoms. The van der Waals surface area contributed by atoms with Crippen molar-refractivity contribution in [1.82, 2.24) is 24.1 Å². The summed E-state index contributed by atoms with van der Waals surface area (Å²) in [6.07, 6.45) is -2.26. The van der Waals surface area contributed by atoms with Gasteiger partial charge in [-0.1, -0.05) is 22.9 Å². The van der Waals surface area contributed by atoms with E-state index in [-0.39, 0.29) is 33.3 Å². The van der Waals surface area contributed by atoms with Gasteiger partial charge in [-0.15, -0.1) is 0 Å². The molecule has 0 fully saturated rings. The lowest BCUT2D eigenvalue weighted by atomic mass is 10.2. The van der Waals surface area contributed by atoms with E-state index < -0.39 is 21.6 Å². The molecule has 0 spiro atoms. The molecule has 0 N–H and O–H groups in total. The zero-order valence-electron chi connectivity index (χ0n) is 15.1. The van der Waals surface area contributed by atoms with Crippen LogP contribution in [0.15, 0.2) is 40.0 Å². The third-order valence-electron chi connectivity index (χ3n) is 4.49. The van der Waals surface area contributed by atoms with Gasteiger partial charge in [-0.05, 0) is 18.2 Å². The van der Waals surface area contributed by atoms with Gasteiger partial charge in [0.1, 0.15) is 16.1 Å². The highest BCUT2D eigenvalue weighted by Crippen LogP contribution is 2.34. The minimum Gasteiger partial charge on any atom is -0.310 e. The van der Waals surface area contributed by atoms with Gasteiger partial charge in [0.05, 0.1) is 16.8 Å². The average Bonchev–Trinajstić information content (AvgIpc) is 3.18. The summed E-state index contributed by atoms with van der Waals surface area (Å²) in [7, 11) is -2.17. The van der Waals surface area contributed by atoms with Crippen molar-refractivity contribution in [2.45, 2.75) is 18.0 Å². The van der Waals surface area contributed by atoms with Crippen LogP contribution in [0.5, 0.6) is 0 Å². The van der Waals surface area contributed by atoms with Gasteiger partial charge in [0, 0.05) is 23.9 Å². The second kappa shape index (κ2) is 6.52. The van der Waals surface area contributed by atoms with Crippen LogP contribution in [0.2, 0.25) is 0 Å². The zero-order valence-corrected chi connectivity index (χ0v) is 17.5. The van der Waals surface area contributed by atoms with Crippen LogP contribution >= 0.6 is 15.9 Å². The molecule has 0 unspecified atom stereocenters. The summed E-state index contributed by atoms with van der Waals surface area (Å²) in [4.78, 5) is 8.06. The first-order valence-electron chi connectivity index (χ1n) is 8.33. The van der Waals surface area contributed by atoms with E-state index in [9.17, 15) is 21.6 Å². The molecule has 0 radical (unpaired) electrons. The van der Waals surface area contributed by atoms with Gasteiger partial charge in [-0.25, -0.2) is 22.9 Å². The maximum atomic E-state index is 13.0. The molecule has 4 aromatic rings. The lowest BCUT2D eigenvalue weighted by Gasteiger charge is -2.05. The predicted octanol–water partition coefficient (Wildman–Crippen LogP) is 3.86. The van der Waals surface area contributed by atoms with E-state index >= 15 is 0 Å². The first-order chi connectivity index (χ1) is 13.5. The highest BCUT2D eigenvalue weighted by Gasteiger charge is 2.33. The van der Waals surface area contributed by atoms with E-state index in [0.29, 0.717) is 9.99 Å². The van der Waals surface area contributed by atoms with E-state index in [4.69, 9.17) is 0 Å². The van der Waals surface area contributed by atoms with Crippen LogP contribution in [-0.2, 0) is 23.1 Å². The first kappa shape index (κ1) is 19.8. The third kappa shape index (κ3) is 3.19. The smallest absolute Gasteiger partial charge is 0.310 e. The molecule has 0 aliphatic heterocycles. The van der Waals surface area contributed by atoms with Crippen molar-refractivity contribution in [3.8, 4) is 11.5 Å². The number of halogens is 4. The average molecular weight is 488 g/mol. The van der Waals surface area contributed by atoms with Gasteiger partial charge in [0.2, 0.25) is 0 Å². The molecule has 0 saturated heterocycles. The minimum absolute atomic E-state index is 0.00425. The lowest BCUT2D eigenvalue weighted by Crippen LogP contribution is -2.06. The Morgan fingerprint density at radius 1 is 1.24 bits per heavy atom. The van der Waals surface area contributed by atoms with Crippen molar-refractivity contribution in [1.29, 1.82) is 0 Å². The Hall–Kier alpha value is -2.47. The molecule has 7 nitrogen and oxygen atoms in total. The zero-order chi connectivity index (χ0) is 21.1. The quantitative estimate of drug-likeness (QED) is 0.438. The monoisotopic (exact) mass is 487 g/mol. The highest BCUT2D eigenvalue weighted by molar-refractivity contribution is 9.10. The fraction of sp³-hybridized carbons (Fsp3) is 0.235. The molecule has 29 heavy (non-hydrogen) atoms. The van der Waals surface area contributed by atoms with Gasteiger partial charge in [0.25, 0.3) is 0 Å². The van der Waals surface area contributed by atoms with Gasteiger partial charge in [-0.2, -0.15) is 18.3 Å². The summed E-state index contributed by atoms with van der Waals surface area (Å²) >= 11 is 3.32. The lowest BCUT2D eigenvalue weighted by molar-refractivity contribution is -0.137. The number of hydrogen-bond donors (Lipinski definition) is 0. The number of nitrogens with zero attached hydrogens (tertiary/aromatic N) is 5. The fourth-order valence-electron chi connectivity index (χ4n) is 3.04. The van der Waals surface area contributed by atoms with Crippen molar-refractivity contribution in [2.24, 2.45) is 7.05 Å². The Labute approximate surface area is 171 Å². The van der Waals surface area contributed by atoms with Gasteiger partial charge < -0.3 is 4.57 Å². The Balaban J connectivity index is 2.06. The van der Waals surface area contributed by atoms with Crippen molar-refractivity contribution < 1.29 is 21.6 Å². The number of aryl methyl sites for hydroxylation is 1. The molecule has 0 aromatic carbocycles. The van der Waals surface area contributed by atoms with Gasteiger partial charge in [-0.3, -0.25) is 0 Å². The standard InChI is InChI=1S/C17H13BrF3N5O2S/c1-3-29(27,28)14-12-7-10(18)4-5-26(12)24-13(14)16-23-11-6-9(17(19,20)21)8-22-15(11)25(16)2/h4-8H,3H2,1-2H3. The van der Waals surface area contributed by atoms with E-state index in [1.807, 2.05) is 0 Å². The number of aromatic nitrogens is 5. The molecule has 4 heterocycles. The molecule has 0 saturated carbocycles. The molecular formula is C17H13BrF3N5O2S. The van der Waals surface area contributed by atoms with Crippen molar-refractivity contribution in [2.75, 3.05) is 5.75 Å². The maximum Gasteiger partial charge on any atom is 0.417 e. The summed E-state index contributed by atoms with van der Waals surface area (Å²) in [6.45, 7) is 1.51. The van der Waals surface area contributed by atoms with E-state index in [1.54, 1.807) is 25.4 Å². The number of imidazole rings is 1. The summed E-state index contributed by atoms with van der Waals surface area (Å²) < 4.78 is 68.2. The number of hydrogen-bond acceptors (Lipinski definition) is 5. The van der Waals surface area contributed by atoms with Crippen molar-refractivity contribution in [3.63, 3.8) is 0 Å². The van der Waals surface area contributed by atoms with Crippen LogP contribution in [-0.4, -0.2) is 38.3 Å². The Morgan fingerprint density at radius 3 is 2.62 bits per heavy atom. The summed E-state index contributed by atoms with van der Waals surface area (Å²) in [6, 6.07) is 4.19. The fourth-order valence-corrected chi connectivity index (χ4v) is 4.56. The largest absolute Gasteiger partial charge is 0.417 e. The van der Waals surface area contributed by atoms with E-state index in [0.717, 1.165) is 12.3 Å². The SMILES string of the molecule is CCS(=O)(=O)c1c(-c2nc3cc(C(F)(F)F)cnc3n2C)nn2ccc(Br)cc12. The molecule has 0 amide bonds. The Morgan fingerprint density at radius 2 is 1.97 bits per heavy atom. The van der Waals surface area contributed by atoms with E-state index in [1.165, 1.54) is 16.0 Å². The topological polar surface area (TPSA) is 82.1 Å². The maximum absolute atomic E-state index is 13.0. The molecular weight excluding hydrogens is 475 g/mol. The summed E-state index contributed by atoms with van der Waals surface area (Å²) in [5.74, 6) is -0.0625. The Kier molecular flexibility index (Phi) is 4.46. The predicted molar refractivity (Wildman–Crippen MR) is 103 cm³/mol. The molecule has 4 aromatic heterocycles. The third-order valence-corrected chi connectivity index (χ3v) is 6.77. The molecule has 152 valence electrons. The Bertz CT molecular complexity index is 1380. The number of alkyl halides is 3. The minimum atomic E-state index is -4.56. The van der Waals surface area contributed by atoms with Crippen LogP contribution in [0, 0.1) is 0 Å². The van der Waals surface area contributed by atoms with Crippen LogP contribution in [0.3, 0.4) is 0 Å². The molecule has 4 rings (SSSR count). The number of rotatable bonds is 3. The molecule has 12 heteroatoms. The normalized spacial score (nSPS) is 12.9. The number of fused-ring (bicyclic) bond motifs is 2. The summed E-state index contributed by atoms with van der Waals surface area (Å²) in [5.41, 5.74) is -0.359. The second-order valence-electron chi connectivity index (χ2n) is 6.31. The molecule has 0 atom stereocenters. The van der Waals surface area contributed by atoms with Crippen LogP contribution in [0.1, 0.15) is 12.5 Å².